The molecule has 0 aliphatic rings. The van der Waals surface area contributed by atoms with Gasteiger partial charge >= 0.3 is 0 Å². The normalized spacial score (nSPS) is 10.6. The van der Waals surface area contributed by atoms with Crippen LogP contribution in [0.25, 0.3) is 10.9 Å². The van der Waals surface area contributed by atoms with Gasteiger partial charge < -0.3 is 9.73 Å². The van der Waals surface area contributed by atoms with E-state index in [1.54, 1.807) is 6.20 Å². The van der Waals surface area contributed by atoms with Crippen LogP contribution in [-0.4, -0.2) is 15.0 Å². The summed E-state index contributed by atoms with van der Waals surface area (Å²) in [4.78, 5) is 12.2. The largest absolute Gasteiger partial charge is 0.432 e. The Morgan fingerprint density at radius 3 is 2.94 bits per heavy atom. The fourth-order valence-corrected chi connectivity index (χ4v) is 1.92. The summed E-state index contributed by atoms with van der Waals surface area (Å²) < 4.78 is 5.88. The van der Waals surface area contributed by atoms with Crippen molar-refractivity contribution >= 4 is 38.5 Å². The molecule has 3 rings (SSSR count). The topological polar surface area (TPSA) is 63.8 Å². The van der Waals surface area contributed by atoms with Gasteiger partial charge in [0.1, 0.15) is 17.2 Å². The molecule has 1 N–H and O–H groups in total. The van der Waals surface area contributed by atoms with Gasteiger partial charge in [-0.05, 0) is 34.1 Å². The van der Waals surface area contributed by atoms with E-state index < -0.39 is 0 Å². The summed E-state index contributed by atoms with van der Waals surface area (Å²) in [5, 5.41) is 3.98. The van der Waals surface area contributed by atoms with Crippen molar-refractivity contribution in [1.82, 2.24) is 15.0 Å². The van der Waals surface area contributed by atoms with Crippen molar-refractivity contribution in [2.75, 3.05) is 5.32 Å². The quantitative estimate of drug-likeness (QED) is 0.735. The summed E-state index contributed by atoms with van der Waals surface area (Å²) in [5.74, 6) is 0. The number of hydrogen-bond acceptors (Lipinski definition) is 5. The van der Waals surface area contributed by atoms with Crippen molar-refractivity contribution in [3.63, 3.8) is 0 Å². The SMILES string of the molecule is Brc1ncnc2ccc(Nc3ncco3)cc12. The number of rotatable bonds is 2. The van der Waals surface area contributed by atoms with Gasteiger partial charge in [0.2, 0.25) is 0 Å². The molecule has 84 valence electrons. The third kappa shape index (κ3) is 1.99. The number of oxazole rings is 1. The van der Waals surface area contributed by atoms with Crippen molar-refractivity contribution in [1.29, 1.82) is 0 Å². The zero-order valence-corrected chi connectivity index (χ0v) is 10.2. The Bertz CT molecular complexity index is 654. The molecule has 3 aromatic rings. The van der Waals surface area contributed by atoms with E-state index in [1.807, 2.05) is 18.2 Å². The lowest BCUT2D eigenvalue weighted by molar-refractivity contribution is 0.578. The van der Waals surface area contributed by atoms with E-state index in [2.05, 4.69) is 36.2 Å². The van der Waals surface area contributed by atoms with Gasteiger partial charge in [-0.25, -0.2) is 15.0 Å². The van der Waals surface area contributed by atoms with Crippen LogP contribution in [0, 0.1) is 0 Å². The van der Waals surface area contributed by atoms with Crippen LogP contribution in [0.15, 0.2) is 46.0 Å². The molecule has 0 saturated heterocycles. The highest BCUT2D eigenvalue weighted by Crippen LogP contribution is 2.24. The van der Waals surface area contributed by atoms with E-state index in [0.29, 0.717) is 6.01 Å². The fraction of sp³-hybridized carbons (Fsp3) is 0. The maximum Gasteiger partial charge on any atom is 0.299 e. The van der Waals surface area contributed by atoms with Crippen LogP contribution in [0.1, 0.15) is 0 Å². The first-order valence-corrected chi connectivity index (χ1v) is 5.69. The molecule has 0 atom stereocenters. The second-order valence-electron chi connectivity index (χ2n) is 3.36. The van der Waals surface area contributed by atoms with Crippen molar-refractivity contribution in [3.8, 4) is 0 Å². The highest BCUT2D eigenvalue weighted by Gasteiger charge is 2.03. The minimum absolute atomic E-state index is 0.456. The first-order valence-electron chi connectivity index (χ1n) is 4.90. The Labute approximate surface area is 105 Å². The summed E-state index contributed by atoms with van der Waals surface area (Å²) in [6.45, 7) is 0. The monoisotopic (exact) mass is 290 g/mol. The number of aromatic nitrogens is 3. The van der Waals surface area contributed by atoms with Gasteiger partial charge in [-0.15, -0.1) is 0 Å². The van der Waals surface area contributed by atoms with Gasteiger partial charge in [-0.2, -0.15) is 0 Å². The van der Waals surface area contributed by atoms with Gasteiger partial charge in [-0.3, -0.25) is 0 Å². The van der Waals surface area contributed by atoms with Crippen molar-refractivity contribution in [2.45, 2.75) is 0 Å². The number of halogens is 1. The van der Waals surface area contributed by atoms with Gasteiger partial charge in [0.15, 0.2) is 0 Å². The lowest BCUT2D eigenvalue weighted by Gasteiger charge is -2.04. The first-order chi connectivity index (χ1) is 8.33. The maximum atomic E-state index is 5.11. The van der Waals surface area contributed by atoms with Crippen LogP contribution in [0.4, 0.5) is 11.7 Å². The van der Waals surface area contributed by atoms with E-state index >= 15 is 0 Å². The number of hydrogen-bond donors (Lipinski definition) is 1. The minimum atomic E-state index is 0.456. The van der Waals surface area contributed by atoms with E-state index in [1.165, 1.54) is 12.6 Å². The number of fused-ring (bicyclic) bond motifs is 1. The zero-order chi connectivity index (χ0) is 11.7. The summed E-state index contributed by atoms with van der Waals surface area (Å²) in [6.07, 6.45) is 4.62. The van der Waals surface area contributed by atoms with E-state index in [4.69, 9.17) is 4.42 Å². The van der Waals surface area contributed by atoms with Crippen LogP contribution < -0.4 is 5.32 Å². The molecule has 5 nitrogen and oxygen atoms in total. The van der Waals surface area contributed by atoms with Gasteiger partial charge in [0.05, 0.1) is 11.7 Å². The average Bonchev–Trinajstić information content (AvgIpc) is 2.83. The average molecular weight is 291 g/mol. The number of nitrogens with zero attached hydrogens (tertiary/aromatic N) is 3. The molecular formula is C11H7BrN4O. The Morgan fingerprint density at radius 1 is 1.18 bits per heavy atom. The maximum absolute atomic E-state index is 5.11. The molecule has 2 aromatic heterocycles. The van der Waals surface area contributed by atoms with Crippen molar-refractivity contribution < 1.29 is 4.42 Å². The molecule has 17 heavy (non-hydrogen) atoms. The molecule has 1 aromatic carbocycles. The fourth-order valence-electron chi connectivity index (χ4n) is 1.51. The molecule has 0 amide bonds. The number of anilines is 2. The highest BCUT2D eigenvalue weighted by atomic mass is 79.9. The van der Waals surface area contributed by atoms with Crippen LogP contribution in [0.5, 0.6) is 0 Å². The zero-order valence-electron chi connectivity index (χ0n) is 8.59. The molecule has 2 heterocycles. The smallest absolute Gasteiger partial charge is 0.299 e. The molecule has 6 heteroatoms. The first kappa shape index (κ1) is 10.2. The molecule has 0 bridgehead atoms. The van der Waals surface area contributed by atoms with E-state index in [9.17, 15) is 0 Å². The predicted molar refractivity (Wildman–Crippen MR) is 67.0 cm³/mol. The molecule has 0 unspecified atom stereocenters. The summed E-state index contributed by atoms with van der Waals surface area (Å²) in [7, 11) is 0. The molecule has 0 saturated carbocycles. The summed E-state index contributed by atoms with van der Waals surface area (Å²) in [5.41, 5.74) is 1.75. The lowest BCUT2D eigenvalue weighted by atomic mass is 10.2. The van der Waals surface area contributed by atoms with Crippen LogP contribution in [0.3, 0.4) is 0 Å². The number of benzene rings is 1. The summed E-state index contributed by atoms with van der Waals surface area (Å²) >= 11 is 3.39. The Hall–Kier alpha value is -1.95. The minimum Gasteiger partial charge on any atom is -0.432 e. The predicted octanol–water partition coefficient (Wildman–Crippen LogP) is 3.12. The third-order valence-corrected chi connectivity index (χ3v) is 2.90. The third-order valence-electron chi connectivity index (χ3n) is 2.27. The van der Waals surface area contributed by atoms with Crippen molar-refractivity contribution in [3.05, 3.63) is 41.6 Å². The van der Waals surface area contributed by atoms with Crippen molar-refractivity contribution in [2.24, 2.45) is 0 Å². The standard InChI is InChI=1S/C11H7BrN4O/c12-10-8-5-7(16-11-13-3-4-17-11)1-2-9(8)14-6-15-10/h1-6H,(H,13,16). The molecule has 0 fully saturated rings. The van der Waals surface area contributed by atoms with E-state index in [-0.39, 0.29) is 0 Å². The second kappa shape index (κ2) is 4.14. The second-order valence-corrected chi connectivity index (χ2v) is 4.11. The highest BCUT2D eigenvalue weighted by molar-refractivity contribution is 9.10. The van der Waals surface area contributed by atoms with Crippen LogP contribution >= 0.6 is 15.9 Å². The van der Waals surface area contributed by atoms with Gasteiger partial charge in [0, 0.05) is 11.1 Å². The Morgan fingerprint density at radius 2 is 2.12 bits per heavy atom. The molecule has 0 radical (unpaired) electrons. The molecule has 0 spiro atoms. The number of nitrogens with one attached hydrogen (secondary N) is 1. The molecule has 0 aliphatic heterocycles. The van der Waals surface area contributed by atoms with Gasteiger partial charge in [-0.1, -0.05) is 0 Å². The Balaban J connectivity index is 2.04. The van der Waals surface area contributed by atoms with Crippen LogP contribution in [-0.2, 0) is 0 Å². The van der Waals surface area contributed by atoms with Gasteiger partial charge in [0.25, 0.3) is 6.01 Å². The van der Waals surface area contributed by atoms with E-state index in [0.717, 1.165) is 21.2 Å². The molecule has 0 aliphatic carbocycles. The molecular weight excluding hydrogens is 284 g/mol. The summed E-state index contributed by atoms with van der Waals surface area (Å²) in [6, 6.07) is 6.21. The Kier molecular flexibility index (Phi) is 2.49. The lowest BCUT2D eigenvalue weighted by Crippen LogP contribution is -1.91. The van der Waals surface area contributed by atoms with Crippen LogP contribution in [0.2, 0.25) is 0 Å².